The SMILES string of the molecule is C=NCCCN1CCN(C(=O)c2ccc(-n3[nH]cc(-c4ccc(C#N)cc4C)c3=O)nc2)CC1. The second-order valence-corrected chi connectivity index (χ2v) is 8.31. The molecule has 2 aromatic heterocycles. The van der Waals surface area contributed by atoms with Crippen LogP contribution in [0.25, 0.3) is 16.9 Å². The highest BCUT2D eigenvalue weighted by Gasteiger charge is 2.22. The van der Waals surface area contributed by atoms with Gasteiger partial charge in [0.25, 0.3) is 11.5 Å². The van der Waals surface area contributed by atoms with Gasteiger partial charge >= 0.3 is 0 Å². The number of nitrogens with zero attached hydrogens (tertiary/aromatic N) is 6. The summed E-state index contributed by atoms with van der Waals surface area (Å²) in [4.78, 5) is 38.3. The average molecular weight is 458 g/mol. The maximum atomic E-state index is 13.0. The number of carbonyl (C=O) groups is 1. The van der Waals surface area contributed by atoms with Crippen LogP contribution >= 0.6 is 0 Å². The number of H-pyrrole nitrogens is 1. The molecule has 34 heavy (non-hydrogen) atoms. The summed E-state index contributed by atoms with van der Waals surface area (Å²) in [7, 11) is 0. The zero-order valence-electron chi connectivity index (χ0n) is 19.2. The Kier molecular flexibility index (Phi) is 6.99. The maximum absolute atomic E-state index is 13.0. The highest BCUT2D eigenvalue weighted by molar-refractivity contribution is 5.94. The molecule has 9 nitrogen and oxygen atoms in total. The van der Waals surface area contributed by atoms with Crippen molar-refractivity contribution in [1.82, 2.24) is 24.6 Å². The lowest BCUT2D eigenvalue weighted by molar-refractivity contribution is 0.0636. The predicted octanol–water partition coefficient (Wildman–Crippen LogP) is 2.26. The number of aryl methyl sites for hydroxylation is 1. The monoisotopic (exact) mass is 457 g/mol. The zero-order chi connectivity index (χ0) is 24.1. The minimum absolute atomic E-state index is 0.0563. The Morgan fingerprint density at radius 3 is 2.65 bits per heavy atom. The van der Waals surface area contributed by atoms with Crippen LogP contribution in [-0.4, -0.2) is 76.5 Å². The number of amides is 1. The molecular weight excluding hydrogens is 430 g/mol. The standard InChI is InChI=1S/C25H27N7O2/c1-18-14-19(15-26)4-6-21(18)22-17-29-32(25(22)34)23-7-5-20(16-28-23)24(33)31-12-10-30(11-13-31)9-3-8-27-2/h4-7,14,16-17,29H,2-3,8-13H2,1H3. The molecule has 0 aliphatic carbocycles. The summed E-state index contributed by atoms with van der Waals surface area (Å²) in [5.41, 5.74) is 2.88. The molecule has 1 aliphatic heterocycles. The van der Waals surface area contributed by atoms with Crippen molar-refractivity contribution in [3.05, 3.63) is 69.8 Å². The van der Waals surface area contributed by atoms with Gasteiger partial charge in [0.1, 0.15) is 0 Å². The van der Waals surface area contributed by atoms with E-state index in [9.17, 15) is 9.59 Å². The van der Waals surface area contributed by atoms with E-state index in [0.717, 1.165) is 43.7 Å². The van der Waals surface area contributed by atoms with Gasteiger partial charge in [0, 0.05) is 51.7 Å². The van der Waals surface area contributed by atoms with Gasteiger partial charge in [-0.1, -0.05) is 6.07 Å². The van der Waals surface area contributed by atoms with Crippen LogP contribution in [0.15, 0.2) is 52.5 Å². The molecule has 0 radical (unpaired) electrons. The fourth-order valence-electron chi connectivity index (χ4n) is 4.18. The van der Waals surface area contributed by atoms with E-state index in [2.05, 4.69) is 32.8 Å². The normalized spacial score (nSPS) is 14.1. The van der Waals surface area contributed by atoms with E-state index in [4.69, 9.17) is 5.26 Å². The maximum Gasteiger partial charge on any atom is 0.280 e. The van der Waals surface area contributed by atoms with Gasteiger partial charge in [0.05, 0.1) is 22.8 Å². The van der Waals surface area contributed by atoms with Gasteiger partial charge in [-0.2, -0.15) is 5.26 Å². The van der Waals surface area contributed by atoms with Gasteiger partial charge < -0.3 is 9.89 Å². The fourth-order valence-corrected chi connectivity index (χ4v) is 4.18. The number of hydrogen-bond donors (Lipinski definition) is 1. The second kappa shape index (κ2) is 10.3. The highest BCUT2D eigenvalue weighted by Crippen LogP contribution is 2.21. The van der Waals surface area contributed by atoms with Crippen molar-refractivity contribution >= 4 is 12.6 Å². The summed E-state index contributed by atoms with van der Waals surface area (Å²) in [6.07, 6.45) is 4.12. The van der Waals surface area contributed by atoms with Crippen molar-refractivity contribution in [2.24, 2.45) is 4.99 Å². The van der Waals surface area contributed by atoms with E-state index in [0.29, 0.717) is 35.6 Å². The largest absolute Gasteiger partial charge is 0.336 e. The average Bonchev–Trinajstić information content (AvgIpc) is 3.25. The van der Waals surface area contributed by atoms with Gasteiger partial charge in [-0.05, 0) is 55.5 Å². The summed E-state index contributed by atoms with van der Waals surface area (Å²) in [6.45, 7) is 10.1. The molecule has 3 heterocycles. The molecule has 1 aliphatic rings. The zero-order valence-corrected chi connectivity index (χ0v) is 19.2. The predicted molar refractivity (Wildman–Crippen MR) is 130 cm³/mol. The smallest absolute Gasteiger partial charge is 0.280 e. The quantitative estimate of drug-likeness (QED) is 0.432. The number of benzene rings is 1. The number of nitrogens with one attached hydrogen (secondary N) is 1. The lowest BCUT2D eigenvalue weighted by atomic mass is 10.0. The number of piperazine rings is 1. The Bertz CT molecular complexity index is 1280. The number of pyridine rings is 1. The Morgan fingerprint density at radius 1 is 1.21 bits per heavy atom. The molecule has 1 amide bonds. The topological polar surface area (TPSA) is 110 Å². The van der Waals surface area contributed by atoms with Crippen LogP contribution in [0.3, 0.4) is 0 Å². The Labute approximate surface area is 198 Å². The number of hydrogen-bond acceptors (Lipinski definition) is 6. The van der Waals surface area contributed by atoms with Crippen molar-refractivity contribution in [1.29, 1.82) is 5.26 Å². The third kappa shape index (κ3) is 4.82. The number of carbonyl (C=O) groups excluding carboxylic acids is 1. The van der Waals surface area contributed by atoms with E-state index < -0.39 is 0 Å². The van der Waals surface area contributed by atoms with Gasteiger partial charge in [-0.15, -0.1) is 0 Å². The van der Waals surface area contributed by atoms with E-state index in [-0.39, 0.29) is 11.5 Å². The minimum atomic E-state index is -0.248. The highest BCUT2D eigenvalue weighted by atomic mass is 16.2. The van der Waals surface area contributed by atoms with Crippen LogP contribution in [0.2, 0.25) is 0 Å². The van der Waals surface area contributed by atoms with Crippen molar-refractivity contribution in [3.63, 3.8) is 0 Å². The molecule has 0 atom stereocenters. The van der Waals surface area contributed by atoms with E-state index in [1.807, 2.05) is 11.8 Å². The van der Waals surface area contributed by atoms with Crippen LogP contribution in [0, 0.1) is 18.3 Å². The Morgan fingerprint density at radius 2 is 2.00 bits per heavy atom. The summed E-state index contributed by atoms with van der Waals surface area (Å²) in [5.74, 6) is 0.346. The molecule has 174 valence electrons. The summed E-state index contributed by atoms with van der Waals surface area (Å²) >= 11 is 0. The van der Waals surface area contributed by atoms with E-state index in [1.54, 1.807) is 36.5 Å². The van der Waals surface area contributed by atoms with Crippen LogP contribution in [0.4, 0.5) is 0 Å². The first-order valence-electron chi connectivity index (χ1n) is 11.2. The molecule has 0 unspecified atom stereocenters. The first-order valence-corrected chi connectivity index (χ1v) is 11.2. The Hall–Kier alpha value is -4.03. The molecule has 0 bridgehead atoms. The molecule has 1 fully saturated rings. The molecule has 0 spiro atoms. The summed E-state index contributed by atoms with van der Waals surface area (Å²) in [6, 6.07) is 10.7. The second-order valence-electron chi connectivity index (χ2n) is 8.31. The lowest BCUT2D eigenvalue weighted by Gasteiger charge is -2.34. The molecule has 1 N–H and O–H groups in total. The molecule has 9 heteroatoms. The number of aromatic amines is 1. The molecule has 4 rings (SSSR count). The third-order valence-corrected chi connectivity index (χ3v) is 6.09. The lowest BCUT2D eigenvalue weighted by Crippen LogP contribution is -2.48. The van der Waals surface area contributed by atoms with E-state index >= 15 is 0 Å². The molecule has 1 saturated heterocycles. The first-order chi connectivity index (χ1) is 16.5. The number of rotatable bonds is 7. The number of aliphatic imine (C=N–C) groups is 1. The van der Waals surface area contributed by atoms with E-state index in [1.165, 1.54) is 10.9 Å². The van der Waals surface area contributed by atoms with Crippen LogP contribution in [0.1, 0.15) is 27.9 Å². The molecule has 1 aromatic carbocycles. The number of nitriles is 1. The van der Waals surface area contributed by atoms with Crippen LogP contribution in [0.5, 0.6) is 0 Å². The number of aromatic nitrogens is 3. The van der Waals surface area contributed by atoms with Gasteiger partial charge in [-0.3, -0.25) is 19.6 Å². The van der Waals surface area contributed by atoms with Crippen molar-refractivity contribution < 1.29 is 4.79 Å². The summed E-state index contributed by atoms with van der Waals surface area (Å²) < 4.78 is 1.35. The summed E-state index contributed by atoms with van der Waals surface area (Å²) in [5, 5.41) is 12.0. The van der Waals surface area contributed by atoms with Gasteiger partial charge in [-0.25, -0.2) is 9.67 Å². The van der Waals surface area contributed by atoms with Gasteiger partial charge in [0.2, 0.25) is 0 Å². The van der Waals surface area contributed by atoms with Crippen molar-refractivity contribution in [3.8, 4) is 23.0 Å². The fraction of sp³-hybridized carbons (Fsp3) is 0.320. The van der Waals surface area contributed by atoms with Crippen LogP contribution in [-0.2, 0) is 0 Å². The van der Waals surface area contributed by atoms with Gasteiger partial charge in [0.15, 0.2) is 5.82 Å². The first kappa shape index (κ1) is 23.1. The minimum Gasteiger partial charge on any atom is -0.336 e. The van der Waals surface area contributed by atoms with Crippen LogP contribution < -0.4 is 5.56 Å². The third-order valence-electron chi connectivity index (χ3n) is 6.09. The van der Waals surface area contributed by atoms with Crippen molar-refractivity contribution in [2.45, 2.75) is 13.3 Å². The Balaban J connectivity index is 1.45. The molecular formula is C25H27N7O2. The molecule has 0 saturated carbocycles. The van der Waals surface area contributed by atoms with Crippen molar-refractivity contribution in [2.75, 3.05) is 39.3 Å². The molecule has 3 aromatic rings.